The third kappa shape index (κ3) is 1.67. The maximum Gasteiger partial charge on any atom is 0.356 e. The van der Waals surface area contributed by atoms with E-state index in [-0.39, 0.29) is 11.7 Å². The molecule has 1 N–H and O–H groups in total. The monoisotopic (exact) mass is 202 g/mol. The predicted octanol–water partition coefficient (Wildman–Crippen LogP) is 2.12. The average molecular weight is 203 g/mol. The van der Waals surface area contributed by atoms with E-state index >= 15 is 0 Å². The number of halogens is 1. The lowest BCUT2D eigenvalue weighted by Gasteiger charge is -2.05. The molecule has 1 aromatic heterocycles. The van der Waals surface area contributed by atoms with Crippen LogP contribution in [0.3, 0.4) is 0 Å². The summed E-state index contributed by atoms with van der Waals surface area (Å²) in [5.41, 5.74) is 0.543. The summed E-state index contributed by atoms with van der Waals surface area (Å²) in [6.07, 6.45) is 0. The molecule has 0 radical (unpaired) electrons. The topological polar surface area (TPSA) is 55.1 Å². The Morgan fingerprint density at radius 3 is 2.38 bits per heavy atom. The van der Waals surface area contributed by atoms with E-state index < -0.39 is 5.97 Å². The van der Waals surface area contributed by atoms with Crippen molar-refractivity contribution in [2.75, 3.05) is 0 Å². The zero-order valence-electron chi connectivity index (χ0n) is 7.71. The summed E-state index contributed by atoms with van der Waals surface area (Å²) >= 11 is 5.89. The number of hydrogen-bond acceptors (Lipinski definition) is 2. The minimum absolute atomic E-state index is 0.0266. The van der Waals surface area contributed by atoms with Gasteiger partial charge < -0.3 is 5.11 Å². The minimum Gasteiger partial charge on any atom is -0.476 e. The van der Waals surface area contributed by atoms with Gasteiger partial charge in [0.05, 0.1) is 0 Å². The first-order chi connectivity index (χ1) is 5.95. The molecule has 0 fully saturated rings. The van der Waals surface area contributed by atoms with Crippen molar-refractivity contribution in [2.24, 2.45) is 0 Å². The molecule has 1 aromatic rings. The molecule has 0 bridgehead atoms. The second-order valence-corrected chi connectivity index (χ2v) is 3.47. The van der Waals surface area contributed by atoms with Crippen LogP contribution in [0.2, 0.25) is 5.15 Å². The van der Waals surface area contributed by atoms with Gasteiger partial charge in [-0.15, -0.1) is 0 Å². The van der Waals surface area contributed by atoms with E-state index in [9.17, 15) is 4.79 Å². The maximum absolute atomic E-state index is 10.7. The van der Waals surface area contributed by atoms with Gasteiger partial charge in [-0.2, -0.15) is 5.10 Å². The molecule has 0 aromatic carbocycles. The lowest BCUT2D eigenvalue weighted by Crippen LogP contribution is -2.05. The molecule has 5 heteroatoms. The van der Waals surface area contributed by atoms with Crippen LogP contribution in [0.25, 0.3) is 0 Å². The number of aromatic carboxylic acids is 1. The van der Waals surface area contributed by atoms with Crippen molar-refractivity contribution in [1.82, 2.24) is 9.78 Å². The maximum atomic E-state index is 10.7. The lowest BCUT2D eigenvalue weighted by molar-refractivity contribution is 0.0688. The van der Waals surface area contributed by atoms with Crippen LogP contribution in [-0.2, 0) is 0 Å². The number of aromatic nitrogens is 2. The summed E-state index contributed by atoms with van der Waals surface area (Å²) in [5, 5.41) is 13.0. The van der Waals surface area contributed by atoms with Crippen LogP contribution in [0.1, 0.15) is 35.9 Å². The van der Waals surface area contributed by atoms with Crippen molar-refractivity contribution in [3.05, 3.63) is 16.4 Å². The number of carboxylic acid groups (broad SMARTS) is 1. The van der Waals surface area contributed by atoms with Crippen LogP contribution in [0.5, 0.6) is 0 Å². The molecule has 0 saturated heterocycles. The highest BCUT2D eigenvalue weighted by Crippen LogP contribution is 2.22. The Balaban J connectivity index is 3.28. The average Bonchev–Trinajstić information content (AvgIpc) is 2.29. The Hall–Kier alpha value is -1.03. The zero-order chi connectivity index (χ0) is 10.2. The van der Waals surface area contributed by atoms with E-state index in [4.69, 9.17) is 16.7 Å². The summed E-state index contributed by atoms with van der Waals surface area (Å²) in [5.74, 6) is -1.04. The van der Waals surface area contributed by atoms with Crippen molar-refractivity contribution in [2.45, 2.75) is 26.8 Å². The number of carboxylic acids is 1. The molecule has 0 saturated carbocycles. The minimum atomic E-state index is -1.04. The molecule has 13 heavy (non-hydrogen) atoms. The predicted molar refractivity (Wildman–Crippen MR) is 49.3 cm³/mol. The fraction of sp³-hybridized carbons (Fsp3) is 0.500. The summed E-state index contributed by atoms with van der Waals surface area (Å²) in [6, 6.07) is 0.0688. The third-order valence-corrected chi connectivity index (χ3v) is 2.22. The summed E-state index contributed by atoms with van der Waals surface area (Å²) in [4.78, 5) is 10.7. The zero-order valence-corrected chi connectivity index (χ0v) is 8.46. The fourth-order valence-corrected chi connectivity index (χ4v) is 1.36. The van der Waals surface area contributed by atoms with Crippen LogP contribution in [-0.4, -0.2) is 20.9 Å². The highest BCUT2D eigenvalue weighted by Gasteiger charge is 2.18. The smallest absolute Gasteiger partial charge is 0.356 e. The SMILES string of the molecule is Cc1c(C(=O)O)nn(C(C)C)c1Cl. The molecule has 72 valence electrons. The molecule has 4 nitrogen and oxygen atoms in total. The highest BCUT2D eigenvalue weighted by atomic mass is 35.5. The van der Waals surface area contributed by atoms with Gasteiger partial charge in [-0.05, 0) is 20.8 Å². The number of rotatable bonds is 2. The van der Waals surface area contributed by atoms with Crippen molar-refractivity contribution >= 4 is 17.6 Å². The molecule has 1 heterocycles. The van der Waals surface area contributed by atoms with Crippen molar-refractivity contribution < 1.29 is 9.90 Å². The van der Waals surface area contributed by atoms with Gasteiger partial charge >= 0.3 is 5.97 Å². The lowest BCUT2D eigenvalue weighted by atomic mass is 10.3. The van der Waals surface area contributed by atoms with Crippen molar-refractivity contribution in [3.63, 3.8) is 0 Å². The Labute approximate surface area is 81.1 Å². The van der Waals surface area contributed by atoms with Crippen LogP contribution in [0, 0.1) is 6.92 Å². The summed E-state index contributed by atoms with van der Waals surface area (Å²) in [7, 11) is 0. The van der Waals surface area contributed by atoms with Crippen LogP contribution in [0.15, 0.2) is 0 Å². The molecule has 0 atom stereocenters. The van der Waals surface area contributed by atoms with E-state index in [1.807, 2.05) is 13.8 Å². The quantitative estimate of drug-likeness (QED) is 0.799. The van der Waals surface area contributed by atoms with E-state index in [0.29, 0.717) is 10.7 Å². The molecule has 0 aliphatic carbocycles. The molecule has 0 amide bonds. The van der Waals surface area contributed by atoms with Gasteiger partial charge in [0.1, 0.15) is 5.15 Å². The fourth-order valence-electron chi connectivity index (χ4n) is 1.04. The second kappa shape index (κ2) is 3.38. The van der Waals surface area contributed by atoms with E-state index in [1.54, 1.807) is 6.92 Å². The van der Waals surface area contributed by atoms with Gasteiger partial charge in [-0.25, -0.2) is 4.79 Å². The molecular formula is C8H11ClN2O2. The molecule has 1 rings (SSSR count). The molecule has 0 unspecified atom stereocenters. The van der Waals surface area contributed by atoms with Gasteiger partial charge in [0.2, 0.25) is 0 Å². The Bertz CT molecular complexity index is 344. The molecule has 0 aliphatic rings. The Morgan fingerprint density at radius 1 is 1.62 bits per heavy atom. The van der Waals surface area contributed by atoms with E-state index in [1.165, 1.54) is 4.68 Å². The normalized spacial score (nSPS) is 10.8. The van der Waals surface area contributed by atoms with Gasteiger partial charge in [-0.3, -0.25) is 4.68 Å². The number of hydrogen-bond donors (Lipinski definition) is 1. The first kappa shape index (κ1) is 10.1. The molecule has 0 aliphatic heterocycles. The highest BCUT2D eigenvalue weighted by molar-refractivity contribution is 6.30. The molecular weight excluding hydrogens is 192 g/mol. The van der Waals surface area contributed by atoms with Crippen molar-refractivity contribution in [3.8, 4) is 0 Å². The third-order valence-electron chi connectivity index (χ3n) is 1.77. The first-order valence-electron chi connectivity index (χ1n) is 3.93. The summed E-state index contributed by atoms with van der Waals surface area (Å²) in [6.45, 7) is 5.44. The van der Waals surface area contributed by atoms with Crippen LogP contribution >= 0.6 is 11.6 Å². The van der Waals surface area contributed by atoms with Gasteiger partial charge in [-0.1, -0.05) is 11.6 Å². The van der Waals surface area contributed by atoms with Gasteiger partial charge in [0.25, 0.3) is 0 Å². The second-order valence-electron chi connectivity index (χ2n) is 3.11. The van der Waals surface area contributed by atoms with E-state index in [0.717, 1.165) is 0 Å². The van der Waals surface area contributed by atoms with E-state index in [2.05, 4.69) is 5.10 Å². The standard InChI is InChI=1S/C8H11ClN2O2/c1-4(2)11-7(9)5(3)6(10-11)8(12)13/h4H,1-3H3,(H,12,13). The first-order valence-corrected chi connectivity index (χ1v) is 4.30. The van der Waals surface area contributed by atoms with Gasteiger partial charge in [0, 0.05) is 11.6 Å². The Kier molecular flexibility index (Phi) is 2.61. The molecule has 0 spiro atoms. The largest absolute Gasteiger partial charge is 0.476 e. The number of carbonyl (C=O) groups is 1. The van der Waals surface area contributed by atoms with Crippen LogP contribution in [0.4, 0.5) is 0 Å². The number of nitrogens with zero attached hydrogens (tertiary/aromatic N) is 2. The summed E-state index contributed by atoms with van der Waals surface area (Å²) < 4.78 is 1.50. The Morgan fingerprint density at radius 2 is 2.15 bits per heavy atom. The van der Waals surface area contributed by atoms with Crippen molar-refractivity contribution in [1.29, 1.82) is 0 Å². The van der Waals surface area contributed by atoms with Crippen LogP contribution < -0.4 is 0 Å². The van der Waals surface area contributed by atoms with Gasteiger partial charge in [0.15, 0.2) is 5.69 Å².